The number of carbonyl (C=O) groups is 4. The van der Waals surface area contributed by atoms with Gasteiger partial charge < -0.3 is 10.1 Å². The van der Waals surface area contributed by atoms with Gasteiger partial charge in [-0.25, -0.2) is 9.48 Å². The van der Waals surface area contributed by atoms with E-state index in [0.29, 0.717) is 18.7 Å². The molecule has 1 saturated heterocycles. The first-order valence-electron chi connectivity index (χ1n) is 10.3. The monoisotopic (exact) mass is 416 g/mol. The fraction of sp³-hybridized carbons (Fsp3) is 0.571. The lowest BCUT2D eigenvalue weighted by molar-refractivity contribution is -0.163. The molecule has 1 fully saturated rings. The van der Waals surface area contributed by atoms with Crippen molar-refractivity contribution in [2.75, 3.05) is 5.32 Å². The van der Waals surface area contributed by atoms with E-state index in [1.54, 1.807) is 16.9 Å². The van der Waals surface area contributed by atoms with Crippen LogP contribution in [0.3, 0.4) is 0 Å². The van der Waals surface area contributed by atoms with E-state index in [9.17, 15) is 19.2 Å². The van der Waals surface area contributed by atoms with Crippen LogP contribution >= 0.6 is 0 Å². The number of imide groups is 1. The lowest BCUT2D eigenvalue weighted by Gasteiger charge is -2.23. The summed E-state index contributed by atoms with van der Waals surface area (Å²) in [6, 6.07) is 0.674. The van der Waals surface area contributed by atoms with Crippen LogP contribution in [0.15, 0.2) is 24.4 Å². The van der Waals surface area contributed by atoms with Crippen molar-refractivity contribution in [3.63, 3.8) is 0 Å². The minimum Gasteiger partial charge on any atom is -0.451 e. The Kier molecular flexibility index (Phi) is 6.38. The minimum absolute atomic E-state index is 0.0957. The number of carbonyl (C=O) groups excluding carboxylic acids is 4. The van der Waals surface area contributed by atoms with E-state index < -0.39 is 35.9 Å². The summed E-state index contributed by atoms with van der Waals surface area (Å²) in [6.45, 7) is 6.88. The third-order valence-electron chi connectivity index (χ3n) is 5.86. The second kappa shape index (κ2) is 8.81. The molecule has 1 aromatic heterocycles. The minimum atomic E-state index is -1.10. The zero-order chi connectivity index (χ0) is 22.0. The van der Waals surface area contributed by atoms with E-state index in [4.69, 9.17) is 4.74 Å². The van der Waals surface area contributed by atoms with Gasteiger partial charge in [0.1, 0.15) is 11.9 Å². The fourth-order valence-electron chi connectivity index (χ4n) is 3.80. The van der Waals surface area contributed by atoms with E-state index >= 15 is 0 Å². The van der Waals surface area contributed by atoms with Gasteiger partial charge >= 0.3 is 5.97 Å². The van der Waals surface area contributed by atoms with Gasteiger partial charge in [-0.3, -0.25) is 19.3 Å². The van der Waals surface area contributed by atoms with Gasteiger partial charge in [0.15, 0.2) is 6.10 Å². The Morgan fingerprint density at radius 2 is 1.77 bits per heavy atom. The molecule has 5 atom stereocenters. The second-order valence-corrected chi connectivity index (χ2v) is 7.86. The summed E-state index contributed by atoms with van der Waals surface area (Å²) in [4.78, 5) is 51.3. The molecule has 2 aliphatic rings. The molecule has 0 aromatic carbocycles. The van der Waals surface area contributed by atoms with Crippen molar-refractivity contribution in [2.24, 2.45) is 11.8 Å². The Morgan fingerprint density at radius 1 is 1.17 bits per heavy atom. The number of anilines is 1. The molecule has 3 amide bonds. The number of fused-ring (bicyclic) bond motifs is 1. The Hall–Kier alpha value is -2.97. The van der Waals surface area contributed by atoms with Gasteiger partial charge in [0.2, 0.25) is 11.8 Å². The molecule has 162 valence electrons. The average Bonchev–Trinajstić information content (AvgIpc) is 3.29. The summed E-state index contributed by atoms with van der Waals surface area (Å²) < 4.78 is 6.96. The van der Waals surface area contributed by atoms with Crippen molar-refractivity contribution in [1.82, 2.24) is 14.7 Å². The van der Waals surface area contributed by atoms with Crippen molar-refractivity contribution in [3.05, 3.63) is 24.4 Å². The van der Waals surface area contributed by atoms with Crippen LogP contribution in [0.5, 0.6) is 0 Å². The number of nitrogens with zero attached hydrogens (tertiary/aromatic N) is 3. The predicted molar refractivity (Wildman–Crippen MR) is 108 cm³/mol. The highest BCUT2D eigenvalue weighted by Gasteiger charge is 2.50. The van der Waals surface area contributed by atoms with Crippen LogP contribution < -0.4 is 5.32 Å². The van der Waals surface area contributed by atoms with Gasteiger partial charge in [-0.15, -0.1) is 0 Å². The van der Waals surface area contributed by atoms with Gasteiger partial charge in [0.05, 0.1) is 24.1 Å². The maximum absolute atomic E-state index is 12.6. The molecule has 30 heavy (non-hydrogen) atoms. The lowest BCUT2D eigenvalue weighted by Crippen LogP contribution is -2.46. The van der Waals surface area contributed by atoms with Gasteiger partial charge in [-0.1, -0.05) is 19.1 Å². The molecule has 0 spiro atoms. The van der Waals surface area contributed by atoms with E-state index in [2.05, 4.69) is 10.4 Å². The zero-order valence-corrected chi connectivity index (χ0v) is 17.7. The second-order valence-electron chi connectivity index (χ2n) is 7.86. The molecule has 1 N–H and O–H groups in total. The SMILES string of the molecule is CCC(C)n1nccc1NC(=O)C(C)OC(=O)C(C)N1C(=O)C2CC=CCC2C1=O. The normalized spacial score (nSPS) is 23.7. The number of ether oxygens (including phenoxy) is 1. The summed E-state index contributed by atoms with van der Waals surface area (Å²) in [5.74, 6) is -2.34. The van der Waals surface area contributed by atoms with Crippen molar-refractivity contribution in [3.8, 4) is 0 Å². The lowest BCUT2D eigenvalue weighted by atomic mass is 9.85. The van der Waals surface area contributed by atoms with E-state index in [0.717, 1.165) is 11.3 Å². The number of aromatic nitrogens is 2. The molecule has 2 heterocycles. The molecule has 3 rings (SSSR count). The summed E-state index contributed by atoms with van der Waals surface area (Å²) in [5.41, 5.74) is 0. The zero-order valence-electron chi connectivity index (χ0n) is 17.7. The molecule has 0 radical (unpaired) electrons. The molecule has 0 bridgehead atoms. The van der Waals surface area contributed by atoms with Crippen LogP contribution in [0.2, 0.25) is 0 Å². The van der Waals surface area contributed by atoms with E-state index in [1.165, 1.54) is 13.8 Å². The van der Waals surface area contributed by atoms with Gasteiger partial charge in [-0.2, -0.15) is 5.10 Å². The molecule has 1 aliphatic heterocycles. The third kappa shape index (κ3) is 4.01. The Labute approximate surface area is 175 Å². The molecular formula is C21H28N4O5. The first-order chi connectivity index (χ1) is 14.3. The first kappa shape index (κ1) is 21.7. The van der Waals surface area contributed by atoms with Crippen molar-refractivity contribution < 1.29 is 23.9 Å². The van der Waals surface area contributed by atoms with Crippen LogP contribution in [0.25, 0.3) is 0 Å². The summed E-state index contributed by atoms with van der Waals surface area (Å²) in [7, 11) is 0. The molecular weight excluding hydrogens is 388 g/mol. The van der Waals surface area contributed by atoms with Crippen LogP contribution in [0, 0.1) is 11.8 Å². The van der Waals surface area contributed by atoms with E-state index in [-0.39, 0.29) is 17.9 Å². The third-order valence-corrected chi connectivity index (χ3v) is 5.86. The quantitative estimate of drug-likeness (QED) is 0.414. The highest BCUT2D eigenvalue weighted by Crippen LogP contribution is 2.36. The van der Waals surface area contributed by atoms with E-state index in [1.807, 2.05) is 26.0 Å². The highest BCUT2D eigenvalue weighted by atomic mass is 16.5. The fourth-order valence-corrected chi connectivity index (χ4v) is 3.80. The van der Waals surface area contributed by atoms with Crippen LogP contribution in [-0.4, -0.2) is 50.5 Å². The predicted octanol–water partition coefficient (Wildman–Crippen LogP) is 2.06. The summed E-state index contributed by atoms with van der Waals surface area (Å²) in [5, 5.41) is 6.91. The standard InChI is InChI=1S/C21H28N4O5/c1-5-12(2)25-17(10-11-22-25)23-18(26)14(4)30-21(29)13(3)24-19(27)15-8-6-7-9-16(15)20(24)28/h6-7,10-16H,5,8-9H2,1-4H3,(H,23,26). The first-order valence-corrected chi connectivity index (χ1v) is 10.3. The number of allylic oxidation sites excluding steroid dienone is 2. The van der Waals surface area contributed by atoms with Crippen LogP contribution in [0.1, 0.15) is 53.0 Å². The molecule has 9 nitrogen and oxygen atoms in total. The molecule has 0 saturated carbocycles. The highest BCUT2D eigenvalue weighted by molar-refractivity contribution is 6.08. The number of esters is 1. The van der Waals surface area contributed by atoms with Gasteiger partial charge in [-0.05, 0) is 40.0 Å². The van der Waals surface area contributed by atoms with Crippen molar-refractivity contribution in [2.45, 2.75) is 65.1 Å². The number of rotatable bonds is 7. The van der Waals surface area contributed by atoms with Crippen LogP contribution in [-0.2, 0) is 23.9 Å². The Balaban J connectivity index is 1.61. The molecule has 1 aliphatic carbocycles. The van der Waals surface area contributed by atoms with Crippen molar-refractivity contribution >= 4 is 29.5 Å². The smallest absolute Gasteiger partial charge is 0.329 e. The Bertz CT molecular complexity index is 851. The molecule has 5 unspecified atom stereocenters. The summed E-state index contributed by atoms with van der Waals surface area (Å²) >= 11 is 0. The maximum atomic E-state index is 12.6. The average molecular weight is 416 g/mol. The van der Waals surface area contributed by atoms with Crippen molar-refractivity contribution in [1.29, 1.82) is 0 Å². The van der Waals surface area contributed by atoms with Gasteiger partial charge in [0, 0.05) is 6.07 Å². The van der Waals surface area contributed by atoms with Crippen LogP contribution in [0.4, 0.5) is 5.82 Å². The Morgan fingerprint density at radius 3 is 2.33 bits per heavy atom. The molecule has 9 heteroatoms. The number of hydrogen-bond acceptors (Lipinski definition) is 6. The largest absolute Gasteiger partial charge is 0.451 e. The number of amides is 3. The van der Waals surface area contributed by atoms with Gasteiger partial charge in [0.25, 0.3) is 5.91 Å². The number of likely N-dealkylation sites (tertiary alicyclic amines) is 1. The maximum Gasteiger partial charge on any atom is 0.329 e. The number of nitrogens with one attached hydrogen (secondary N) is 1. The molecule has 1 aromatic rings. The topological polar surface area (TPSA) is 111 Å². The summed E-state index contributed by atoms with van der Waals surface area (Å²) in [6.07, 6.45) is 6.08. The number of hydrogen-bond donors (Lipinski definition) is 1.